The molecule has 1 fully saturated rings. The zero-order chi connectivity index (χ0) is 13.0. The molecule has 96 valence electrons. The first-order valence-electron chi connectivity index (χ1n) is 5.82. The highest BCUT2D eigenvalue weighted by atomic mass is 16.6. The molecule has 2 rings (SSSR count). The van der Waals surface area contributed by atoms with Gasteiger partial charge < -0.3 is 14.7 Å². The van der Waals surface area contributed by atoms with Crippen LogP contribution in [0.4, 0.5) is 4.79 Å². The smallest absolute Gasteiger partial charge is 0.410 e. The number of hydrogen-bond acceptors (Lipinski definition) is 3. The van der Waals surface area contributed by atoms with E-state index in [9.17, 15) is 9.59 Å². The summed E-state index contributed by atoms with van der Waals surface area (Å²) in [7, 11) is 0. The number of rotatable bonds is 4. The number of cyclic esters (lactones) is 1. The molecule has 5 heteroatoms. The molecule has 1 N–H and O–H groups in total. The van der Waals surface area contributed by atoms with Gasteiger partial charge in [-0.15, -0.1) is 0 Å². The van der Waals surface area contributed by atoms with Crippen LogP contribution in [0.5, 0.6) is 0 Å². The van der Waals surface area contributed by atoms with Crippen LogP contribution in [0.15, 0.2) is 30.3 Å². The Bertz CT molecular complexity index is 432. The Morgan fingerprint density at radius 2 is 2.11 bits per heavy atom. The predicted molar refractivity (Wildman–Crippen MR) is 63.9 cm³/mol. The van der Waals surface area contributed by atoms with Gasteiger partial charge in [0.05, 0.1) is 13.0 Å². The standard InChI is InChI=1S/C13H15NO4/c15-12(16)6-11-8-14(13(17)18-9-11)7-10-4-2-1-3-5-10/h1-5,11H,6-9H2,(H,15,16). The first-order valence-corrected chi connectivity index (χ1v) is 5.82. The van der Waals surface area contributed by atoms with Crippen molar-refractivity contribution in [2.45, 2.75) is 13.0 Å². The summed E-state index contributed by atoms with van der Waals surface area (Å²) >= 11 is 0. The zero-order valence-corrected chi connectivity index (χ0v) is 9.91. The predicted octanol–water partition coefficient (Wildman–Crippen LogP) is 1.73. The number of carboxylic acid groups (broad SMARTS) is 1. The average molecular weight is 249 g/mol. The van der Waals surface area contributed by atoms with Crippen molar-refractivity contribution >= 4 is 12.1 Å². The van der Waals surface area contributed by atoms with Crippen LogP contribution in [-0.4, -0.2) is 35.2 Å². The van der Waals surface area contributed by atoms with Crippen LogP contribution in [-0.2, 0) is 16.1 Å². The molecule has 0 aliphatic carbocycles. The van der Waals surface area contributed by atoms with Gasteiger partial charge >= 0.3 is 12.1 Å². The molecule has 5 nitrogen and oxygen atoms in total. The second-order valence-corrected chi connectivity index (χ2v) is 4.41. The summed E-state index contributed by atoms with van der Waals surface area (Å²) in [4.78, 5) is 23.8. The van der Waals surface area contributed by atoms with Gasteiger partial charge in [0.2, 0.25) is 0 Å². The Morgan fingerprint density at radius 3 is 2.78 bits per heavy atom. The van der Waals surface area contributed by atoms with Crippen molar-refractivity contribution in [1.29, 1.82) is 0 Å². The monoisotopic (exact) mass is 249 g/mol. The molecular weight excluding hydrogens is 234 g/mol. The van der Waals surface area contributed by atoms with Gasteiger partial charge in [0.1, 0.15) is 0 Å². The van der Waals surface area contributed by atoms with E-state index in [0.29, 0.717) is 13.1 Å². The second kappa shape index (κ2) is 5.53. The van der Waals surface area contributed by atoms with Crippen LogP contribution in [0.3, 0.4) is 0 Å². The first-order chi connectivity index (χ1) is 8.65. The van der Waals surface area contributed by atoms with Gasteiger partial charge in [0, 0.05) is 19.0 Å². The minimum absolute atomic E-state index is 0.0264. The molecule has 1 aliphatic heterocycles. The van der Waals surface area contributed by atoms with Gasteiger partial charge in [-0.1, -0.05) is 30.3 Å². The summed E-state index contributed by atoms with van der Waals surface area (Å²) in [5.41, 5.74) is 1.01. The molecule has 1 amide bonds. The van der Waals surface area contributed by atoms with E-state index in [1.165, 1.54) is 0 Å². The Morgan fingerprint density at radius 1 is 1.39 bits per heavy atom. The second-order valence-electron chi connectivity index (χ2n) is 4.41. The third-order valence-corrected chi connectivity index (χ3v) is 2.86. The third-order valence-electron chi connectivity index (χ3n) is 2.86. The number of carboxylic acids is 1. The van der Waals surface area contributed by atoms with Crippen molar-refractivity contribution in [2.24, 2.45) is 5.92 Å². The maximum Gasteiger partial charge on any atom is 0.410 e. The molecule has 1 atom stereocenters. The van der Waals surface area contributed by atoms with E-state index >= 15 is 0 Å². The van der Waals surface area contributed by atoms with E-state index in [1.54, 1.807) is 4.90 Å². The molecule has 1 aliphatic rings. The van der Waals surface area contributed by atoms with E-state index in [2.05, 4.69) is 0 Å². The van der Waals surface area contributed by atoms with Crippen LogP contribution < -0.4 is 0 Å². The molecule has 1 aromatic rings. The van der Waals surface area contributed by atoms with Crippen LogP contribution in [0.25, 0.3) is 0 Å². The molecule has 0 spiro atoms. The van der Waals surface area contributed by atoms with Crippen molar-refractivity contribution in [1.82, 2.24) is 4.90 Å². The number of aliphatic carboxylic acids is 1. The lowest BCUT2D eigenvalue weighted by atomic mass is 10.0. The fraction of sp³-hybridized carbons (Fsp3) is 0.385. The summed E-state index contributed by atoms with van der Waals surface area (Å²) in [5.74, 6) is -0.999. The van der Waals surface area contributed by atoms with E-state index in [1.807, 2.05) is 30.3 Å². The molecule has 0 saturated carbocycles. The molecule has 0 radical (unpaired) electrons. The van der Waals surface area contributed by atoms with Gasteiger partial charge in [-0.2, -0.15) is 0 Å². The molecule has 1 aromatic carbocycles. The number of hydrogen-bond donors (Lipinski definition) is 1. The van der Waals surface area contributed by atoms with Gasteiger partial charge in [-0.3, -0.25) is 4.79 Å². The number of carbonyl (C=O) groups is 2. The highest BCUT2D eigenvalue weighted by molar-refractivity contribution is 5.70. The summed E-state index contributed by atoms with van der Waals surface area (Å²) < 4.78 is 5.00. The molecule has 1 heterocycles. The summed E-state index contributed by atoms with van der Waals surface area (Å²) in [6, 6.07) is 9.56. The van der Waals surface area contributed by atoms with E-state index in [0.717, 1.165) is 5.56 Å². The Balaban J connectivity index is 1.97. The Hall–Kier alpha value is -2.04. The molecule has 1 unspecified atom stereocenters. The Kier molecular flexibility index (Phi) is 3.82. The lowest BCUT2D eigenvalue weighted by Gasteiger charge is -2.31. The van der Waals surface area contributed by atoms with Crippen LogP contribution >= 0.6 is 0 Å². The summed E-state index contributed by atoms with van der Waals surface area (Å²) in [5, 5.41) is 8.75. The van der Waals surface area contributed by atoms with Gasteiger partial charge in [0.15, 0.2) is 0 Å². The van der Waals surface area contributed by atoms with Crippen molar-refractivity contribution < 1.29 is 19.4 Å². The van der Waals surface area contributed by atoms with Crippen molar-refractivity contribution in [3.05, 3.63) is 35.9 Å². The molecule has 1 saturated heterocycles. The molecule has 18 heavy (non-hydrogen) atoms. The number of nitrogens with zero attached hydrogens (tertiary/aromatic N) is 1. The van der Waals surface area contributed by atoms with Crippen LogP contribution in [0.2, 0.25) is 0 Å². The summed E-state index contributed by atoms with van der Waals surface area (Å²) in [6.45, 7) is 1.08. The lowest BCUT2D eigenvalue weighted by Crippen LogP contribution is -2.43. The van der Waals surface area contributed by atoms with E-state index in [4.69, 9.17) is 9.84 Å². The third kappa shape index (κ3) is 3.23. The largest absolute Gasteiger partial charge is 0.481 e. The maximum atomic E-state index is 11.6. The first kappa shape index (κ1) is 12.4. The normalized spacial score (nSPS) is 19.4. The van der Waals surface area contributed by atoms with Crippen molar-refractivity contribution in [3.8, 4) is 0 Å². The van der Waals surface area contributed by atoms with Crippen LogP contribution in [0.1, 0.15) is 12.0 Å². The minimum atomic E-state index is -0.863. The summed E-state index contributed by atoms with van der Waals surface area (Å²) in [6.07, 6.45) is -0.348. The highest BCUT2D eigenvalue weighted by Gasteiger charge is 2.28. The number of amides is 1. The van der Waals surface area contributed by atoms with E-state index < -0.39 is 5.97 Å². The SMILES string of the molecule is O=C(O)CC1COC(=O)N(Cc2ccccc2)C1. The molecule has 0 bridgehead atoms. The lowest BCUT2D eigenvalue weighted by molar-refractivity contribution is -0.139. The maximum absolute atomic E-state index is 11.6. The van der Waals surface area contributed by atoms with Crippen molar-refractivity contribution in [3.63, 3.8) is 0 Å². The van der Waals surface area contributed by atoms with Crippen molar-refractivity contribution in [2.75, 3.05) is 13.2 Å². The number of ether oxygens (including phenoxy) is 1. The van der Waals surface area contributed by atoms with Gasteiger partial charge in [-0.25, -0.2) is 4.79 Å². The fourth-order valence-electron chi connectivity index (χ4n) is 2.02. The number of benzene rings is 1. The molecular formula is C13H15NO4. The highest BCUT2D eigenvalue weighted by Crippen LogP contribution is 2.17. The minimum Gasteiger partial charge on any atom is -0.481 e. The fourth-order valence-corrected chi connectivity index (χ4v) is 2.02. The van der Waals surface area contributed by atoms with E-state index in [-0.39, 0.29) is 25.0 Å². The average Bonchev–Trinajstić information content (AvgIpc) is 2.34. The topological polar surface area (TPSA) is 66.8 Å². The van der Waals surface area contributed by atoms with Crippen LogP contribution in [0, 0.1) is 5.92 Å². The quantitative estimate of drug-likeness (QED) is 0.882. The van der Waals surface area contributed by atoms with Gasteiger partial charge in [0.25, 0.3) is 0 Å². The Labute approximate surface area is 105 Å². The van der Waals surface area contributed by atoms with Gasteiger partial charge in [-0.05, 0) is 5.56 Å². The molecule has 0 aromatic heterocycles. The number of carbonyl (C=O) groups excluding carboxylic acids is 1. The zero-order valence-electron chi connectivity index (χ0n) is 9.91.